The van der Waals surface area contributed by atoms with Gasteiger partial charge in [-0.1, -0.05) is 27.7 Å². The molecule has 6 heterocycles. The average Bonchev–Trinajstić information content (AvgIpc) is 3.75. The summed E-state index contributed by atoms with van der Waals surface area (Å²) in [7, 11) is 0. The van der Waals surface area contributed by atoms with E-state index in [0.717, 1.165) is 0 Å². The molecule has 0 saturated carbocycles. The molecule has 2 saturated heterocycles. The molecule has 19 heteroatoms. The minimum atomic E-state index is -3.66. The Bertz CT molecular complexity index is 1750. The molecule has 0 amide bonds. The molecule has 0 spiro atoms. The van der Waals surface area contributed by atoms with E-state index < -0.39 is 25.3 Å². The van der Waals surface area contributed by atoms with Crippen molar-refractivity contribution >= 4 is 66.1 Å². The Morgan fingerprint density at radius 1 is 1.13 bits per heavy atom. The second-order valence-electron chi connectivity index (χ2n) is 11.6. The highest BCUT2D eigenvalue weighted by molar-refractivity contribution is 8.07. The van der Waals surface area contributed by atoms with E-state index in [1.807, 2.05) is 13.8 Å². The van der Waals surface area contributed by atoms with Gasteiger partial charge < -0.3 is 34.5 Å². The van der Waals surface area contributed by atoms with Crippen LogP contribution in [0.25, 0.3) is 22.3 Å². The van der Waals surface area contributed by atoms with Gasteiger partial charge in [0.25, 0.3) is 5.56 Å². The van der Waals surface area contributed by atoms with E-state index >= 15 is 0 Å². The Balaban J connectivity index is 0.00000400. The maximum absolute atomic E-state index is 12.6. The molecule has 1 unspecified atom stereocenters. The van der Waals surface area contributed by atoms with Crippen LogP contribution in [0.15, 0.2) is 23.8 Å². The van der Waals surface area contributed by atoms with Crippen LogP contribution in [-0.2, 0) is 30.3 Å². The topological polar surface area (TPSA) is 202 Å². The number of anilines is 2. The summed E-state index contributed by atoms with van der Waals surface area (Å²) in [5.74, 6) is 1.09. The average molecular weight is 683 g/mol. The molecule has 16 nitrogen and oxygen atoms in total. The maximum atomic E-state index is 12.6. The van der Waals surface area contributed by atoms with Gasteiger partial charge in [-0.2, -0.15) is 18.5 Å². The van der Waals surface area contributed by atoms with Gasteiger partial charge in [0.15, 0.2) is 22.6 Å². The lowest BCUT2D eigenvalue weighted by Gasteiger charge is -2.24. The second-order valence-corrected chi connectivity index (χ2v) is 14.4. The molecular formula is C26H39N10O6PS2. The lowest BCUT2D eigenvalue weighted by Crippen LogP contribution is -2.25. The fourth-order valence-corrected chi connectivity index (χ4v) is 7.03. The van der Waals surface area contributed by atoms with Crippen molar-refractivity contribution in [2.45, 2.75) is 77.7 Å². The number of nitrogens with zero attached hydrogens (tertiary/aromatic N) is 7. The maximum Gasteiger partial charge on any atom is 0.324 e. The zero-order valence-electron chi connectivity index (χ0n) is 25.4. The molecule has 5 N–H and O–H groups in total. The minimum absolute atomic E-state index is 0. The zero-order valence-corrected chi connectivity index (χ0v) is 28.1. The molecule has 0 bridgehead atoms. The molecule has 45 heavy (non-hydrogen) atoms. The Morgan fingerprint density at radius 3 is 2.56 bits per heavy atom. The molecule has 6 rings (SSSR count). The summed E-state index contributed by atoms with van der Waals surface area (Å²) in [5, 5.41) is 3.15. The summed E-state index contributed by atoms with van der Waals surface area (Å²) in [6.07, 6.45) is 4.13. The summed E-state index contributed by atoms with van der Waals surface area (Å²) < 4.78 is 27.9. The highest BCUT2D eigenvalue weighted by atomic mass is 32.5. The first kappa shape index (κ1) is 33.7. The highest BCUT2D eigenvalue weighted by Crippen LogP contribution is 2.50. The number of H-pyrrole nitrogens is 1. The molecule has 246 valence electrons. The lowest BCUT2D eigenvalue weighted by molar-refractivity contribution is -0.0324. The van der Waals surface area contributed by atoms with Gasteiger partial charge in [-0.25, -0.2) is 19.9 Å². The number of nitrogens with two attached hydrogens (primary N) is 1. The van der Waals surface area contributed by atoms with E-state index in [1.54, 1.807) is 21.8 Å². The number of hydrogen-bond donors (Lipinski definition) is 4. The van der Waals surface area contributed by atoms with Gasteiger partial charge in [0.2, 0.25) is 5.95 Å². The van der Waals surface area contributed by atoms with Crippen LogP contribution in [0.3, 0.4) is 0 Å². The van der Waals surface area contributed by atoms with E-state index in [2.05, 4.69) is 49.1 Å². The second kappa shape index (κ2) is 13.6. The quantitative estimate of drug-likeness (QED) is 0.168. The molecule has 4 aromatic rings. The fourth-order valence-electron chi connectivity index (χ4n) is 5.56. The van der Waals surface area contributed by atoms with E-state index in [1.165, 1.54) is 6.33 Å². The van der Waals surface area contributed by atoms with Crippen molar-refractivity contribution in [1.82, 2.24) is 39.0 Å². The van der Waals surface area contributed by atoms with Crippen molar-refractivity contribution in [1.29, 1.82) is 0 Å². The van der Waals surface area contributed by atoms with E-state index in [4.69, 9.17) is 36.1 Å². The third-order valence-corrected chi connectivity index (χ3v) is 9.50. The SMILES string of the molecule is CC[C@H]1O[C@@H](n2cnc3c(N)ncnc32)C[C@@H]1OP(O)(=S)OC[C@H]1O[C@@H](n2cnc3c(=O)[nH]c(NCC(C)C)nc32)C[C@@H]1C.S. The molecular weight excluding hydrogens is 643 g/mol. The Morgan fingerprint density at radius 2 is 1.82 bits per heavy atom. The van der Waals surface area contributed by atoms with Crippen LogP contribution in [0.1, 0.15) is 59.4 Å². The van der Waals surface area contributed by atoms with Gasteiger partial charge in [0, 0.05) is 13.0 Å². The first-order valence-electron chi connectivity index (χ1n) is 14.6. The largest absolute Gasteiger partial charge is 0.382 e. The number of nitrogen functional groups attached to an aromatic ring is 1. The van der Waals surface area contributed by atoms with Gasteiger partial charge in [-0.15, -0.1) is 0 Å². The van der Waals surface area contributed by atoms with Crippen LogP contribution in [0.4, 0.5) is 11.8 Å². The van der Waals surface area contributed by atoms with Gasteiger partial charge in [-0.3, -0.25) is 18.9 Å². The van der Waals surface area contributed by atoms with Crippen LogP contribution in [0.5, 0.6) is 0 Å². The Hall–Kier alpha value is -2.70. The predicted octanol–water partition coefficient (Wildman–Crippen LogP) is 2.96. The van der Waals surface area contributed by atoms with Crippen LogP contribution < -0.4 is 16.6 Å². The molecule has 4 aromatic heterocycles. The van der Waals surface area contributed by atoms with Crippen molar-refractivity contribution in [2.75, 3.05) is 24.2 Å². The standard InChI is InChI=1S/C26H37N10O6PS.H2S/c1-5-15-16(7-19(40-15)35-11-31-20-22(27)29-10-30-23(20)35)42-43(38,44)39-9-17-14(4)6-18(41-17)36-12-32-21-24(36)33-26(34-25(21)37)28-8-13(2)3;/h10-19H,5-9H2,1-4H3,(H,38,44)(H2,27,29,30)(H2,28,33,34,37);1H2/t14-,15+,16-,17+,18+,19+,43?;/m0./s1. The van der Waals surface area contributed by atoms with Crippen LogP contribution in [0, 0.1) is 11.8 Å². The first-order chi connectivity index (χ1) is 21.0. The molecule has 0 aromatic carbocycles. The normalized spacial score (nSPS) is 26.4. The van der Waals surface area contributed by atoms with E-state index in [9.17, 15) is 9.69 Å². The molecule has 0 aliphatic carbocycles. The summed E-state index contributed by atoms with van der Waals surface area (Å²) in [6.45, 7) is 5.16. The molecule has 2 aliphatic heterocycles. The van der Waals surface area contributed by atoms with E-state index in [-0.39, 0.29) is 55.1 Å². The minimum Gasteiger partial charge on any atom is -0.382 e. The van der Waals surface area contributed by atoms with Crippen LogP contribution in [-0.4, -0.2) is 75.4 Å². The third-order valence-electron chi connectivity index (χ3n) is 7.91. The smallest absolute Gasteiger partial charge is 0.324 e. The predicted molar refractivity (Wildman–Crippen MR) is 175 cm³/mol. The van der Waals surface area contributed by atoms with Crippen LogP contribution in [0.2, 0.25) is 0 Å². The number of fused-ring (bicyclic) bond motifs is 2. The number of ether oxygens (including phenoxy) is 2. The van der Waals surface area contributed by atoms with Crippen molar-refractivity contribution < 1.29 is 23.4 Å². The highest BCUT2D eigenvalue weighted by Gasteiger charge is 2.41. The molecule has 7 atom stereocenters. The number of aromatic nitrogens is 8. The summed E-state index contributed by atoms with van der Waals surface area (Å²) in [6, 6.07) is 0. The first-order valence-corrected chi connectivity index (χ1v) is 17.2. The fraction of sp³-hybridized carbons (Fsp3) is 0.615. The summed E-state index contributed by atoms with van der Waals surface area (Å²) in [4.78, 5) is 47.8. The van der Waals surface area contributed by atoms with Crippen molar-refractivity contribution in [2.24, 2.45) is 11.8 Å². The molecule has 0 radical (unpaired) electrons. The third kappa shape index (κ3) is 7.02. The number of hydrogen-bond acceptors (Lipinski definition) is 13. The zero-order chi connectivity index (χ0) is 31.2. The van der Waals surface area contributed by atoms with Gasteiger partial charge in [0.05, 0.1) is 37.6 Å². The number of imidazole rings is 2. The Labute approximate surface area is 271 Å². The van der Waals surface area contributed by atoms with Gasteiger partial charge in [-0.05, 0) is 36.5 Å². The van der Waals surface area contributed by atoms with E-state index in [0.29, 0.717) is 54.5 Å². The summed E-state index contributed by atoms with van der Waals surface area (Å²) in [5.41, 5.74) is 7.30. The lowest BCUT2D eigenvalue weighted by atomic mass is 10.0. The van der Waals surface area contributed by atoms with Gasteiger partial charge in [0.1, 0.15) is 24.3 Å². The van der Waals surface area contributed by atoms with Crippen molar-refractivity contribution in [3.63, 3.8) is 0 Å². The number of aromatic amines is 1. The molecule has 2 aliphatic rings. The van der Waals surface area contributed by atoms with Crippen molar-refractivity contribution in [3.8, 4) is 0 Å². The van der Waals surface area contributed by atoms with Crippen molar-refractivity contribution in [3.05, 3.63) is 29.3 Å². The number of nitrogens with one attached hydrogen (secondary N) is 2. The van der Waals surface area contributed by atoms with Crippen LogP contribution >= 0.6 is 20.2 Å². The Kier molecular flexibility index (Phi) is 10.2. The summed E-state index contributed by atoms with van der Waals surface area (Å²) >= 11 is 5.42. The van der Waals surface area contributed by atoms with Gasteiger partial charge >= 0.3 is 6.72 Å². The monoisotopic (exact) mass is 682 g/mol. The number of rotatable bonds is 11. The molecule has 2 fully saturated rings.